The fourth-order valence-corrected chi connectivity index (χ4v) is 3.21. The maximum Gasteiger partial charge on any atom is 0.334 e. The summed E-state index contributed by atoms with van der Waals surface area (Å²) in [5.74, 6) is -1.61. The molecule has 26 heavy (non-hydrogen) atoms. The van der Waals surface area contributed by atoms with Gasteiger partial charge in [-0.2, -0.15) is 0 Å². The molecule has 0 saturated carbocycles. The van der Waals surface area contributed by atoms with Crippen LogP contribution in [-0.2, 0) is 21.5 Å². The summed E-state index contributed by atoms with van der Waals surface area (Å²) in [7, 11) is 0. The van der Waals surface area contributed by atoms with Crippen molar-refractivity contribution >= 4 is 23.5 Å². The van der Waals surface area contributed by atoms with Crippen LogP contribution in [-0.4, -0.2) is 22.9 Å². The van der Waals surface area contributed by atoms with Crippen molar-refractivity contribution in [3.8, 4) is 0 Å². The molecule has 6 heteroatoms. The molecule has 134 valence electrons. The van der Waals surface area contributed by atoms with Gasteiger partial charge in [0.05, 0.1) is 0 Å². The van der Waals surface area contributed by atoms with Crippen molar-refractivity contribution in [2.24, 2.45) is 0 Å². The molecular weight excluding hydrogens is 332 g/mol. The van der Waals surface area contributed by atoms with Gasteiger partial charge < -0.3 is 15.7 Å². The Morgan fingerprint density at radius 2 is 1.88 bits per heavy atom. The van der Waals surface area contributed by atoms with Crippen LogP contribution in [0.15, 0.2) is 48.5 Å². The first-order valence-electron chi connectivity index (χ1n) is 8.50. The number of carbonyl (C=O) groups excluding carboxylic acids is 2. The topological polar surface area (TPSA) is 95.5 Å². The smallest absolute Gasteiger partial charge is 0.334 e. The standard InChI is InChI=1S/C20H20N2O4/c1-2-20(19(25)26,15-6-4-3-5-7-15)22-18(24)14-8-10-16-13(12-14)9-11-17(23)21-16/h3-8,10,12H,2,9,11H2,1H3,(H,21,23)(H,22,24)(H,25,26). The van der Waals surface area contributed by atoms with Crippen LogP contribution < -0.4 is 10.6 Å². The van der Waals surface area contributed by atoms with E-state index in [9.17, 15) is 19.5 Å². The Hall–Kier alpha value is -3.15. The summed E-state index contributed by atoms with van der Waals surface area (Å²) in [5.41, 5.74) is 0.960. The summed E-state index contributed by atoms with van der Waals surface area (Å²) in [6.07, 6.45) is 1.13. The third-order valence-corrected chi connectivity index (χ3v) is 4.75. The third-order valence-electron chi connectivity index (χ3n) is 4.75. The molecule has 0 aliphatic carbocycles. The second-order valence-corrected chi connectivity index (χ2v) is 6.30. The quantitative estimate of drug-likeness (QED) is 0.771. The minimum absolute atomic E-state index is 0.0466. The molecule has 1 aliphatic rings. The molecular formula is C20H20N2O4. The van der Waals surface area contributed by atoms with Crippen LogP contribution in [0.25, 0.3) is 0 Å². The minimum atomic E-state index is -1.50. The average molecular weight is 352 g/mol. The number of carbonyl (C=O) groups is 3. The summed E-state index contributed by atoms with van der Waals surface area (Å²) in [4.78, 5) is 36.3. The fourth-order valence-electron chi connectivity index (χ4n) is 3.21. The molecule has 1 heterocycles. The van der Waals surface area contributed by atoms with Crippen molar-refractivity contribution in [1.82, 2.24) is 5.32 Å². The molecule has 0 fully saturated rings. The van der Waals surface area contributed by atoms with E-state index in [2.05, 4.69) is 10.6 Å². The maximum atomic E-state index is 12.8. The second-order valence-electron chi connectivity index (χ2n) is 6.30. The molecule has 0 bridgehead atoms. The van der Waals surface area contributed by atoms with E-state index in [4.69, 9.17) is 0 Å². The molecule has 2 aromatic rings. The van der Waals surface area contributed by atoms with E-state index in [-0.39, 0.29) is 12.3 Å². The van der Waals surface area contributed by atoms with Gasteiger partial charge in [0.1, 0.15) is 0 Å². The molecule has 3 rings (SSSR count). The Bertz CT molecular complexity index is 863. The van der Waals surface area contributed by atoms with Gasteiger partial charge in [0.25, 0.3) is 5.91 Å². The van der Waals surface area contributed by atoms with Crippen LogP contribution in [0.2, 0.25) is 0 Å². The molecule has 3 N–H and O–H groups in total. The molecule has 2 aromatic carbocycles. The first-order valence-corrected chi connectivity index (χ1v) is 8.50. The van der Waals surface area contributed by atoms with Crippen LogP contribution in [0.1, 0.15) is 41.3 Å². The van der Waals surface area contributed by atoms with Gasteiger partial charge in [0.15, 0.2) is 5.54 Å². The molecule has 1 aliphatic heterocycles. The van der Waals surface area contributed by atoms with Crippen LogP contribution in [0.5, 0.6) is 0 Å². The van der Waals surface area contributed by atoms with Crippen molar-refractivity contribution in [3.63, 3.8) is 0 Å². The number of fused-ring (bicyclic) bond motifs is 1. The van der Waals surface area contributed by atoms with Crippen LogP contribution in [0.4, 0.5) is 5.69 Å². The van der Waals surface area contributed by atoms with Crippen molar-refractivity contribution < 1.29 is 19.5 Å². The van der Waals surface area contributed by atoms with Crippen LogP contribution >= 0.6 is 0 Å². The van der Waals surface area contributed by atoms with Gasteiger partial charge in [-0.3, -0.25) is 9.59 Å². The zero-order valence-corrected chi connectivity index (χ0v) is 14.4. The number of anilines is 1. The first kappa shape index (κ1) is 17.7. The van der Waals surface area contributed by atoms with Gasteiger partial charge in [0.2, 0.25) is 5.91 Å². The number of hydrogen-bond acceptors (Lipinski definition) is 3. The van der Waals surface area contributed by atoms with Crippen LogP contribution in [0.3, 0.4) is 0 Å². The van der Waals surface area contributed by atoms with Crippen molar-refractivity contribution in [1.29, 1.82) is 0 Å². The largest absolute Gasteiger partial charge is 0.479 e. The lowest BCUT2D eigenvalue weighted by molar-refractivity contribution is -0.145. The van der Waals surface area contributed by atoms with E-state index in [1.807, 2.05) is 0 Å². The van der Waals surface area contributed by atoms with Gasteiger partial charge in [-0.05, 0) is 42.2 Å². The highest BCUT2D eigenvalue weighted by Gasteiger charge is 2.40. The molecule has 6 nitrogen and oxygen atoms in total. The monoisotopic (exact) mass is 352 g/mol. The SMILES string of the molecule is CCC(NC(=O)c1ccc2c(c1)CCC(=O)N2)(C(=O)O)c1ccccc1. The Balaban J connectivity index is 1.92. The molecule has 0 saturated heterocycles. The number of rotatable bonds is 5. The Morgan fingerprint density at radius 1 is 1.15 bits per heavy atom. The number of aryl methyl sites for hydroxylation is 1. The van der Waals surface area contributed by atoms with E-state index in [1.165, 1.54) is 0 Å². The number of carboxylic acid groups (broad SMARTS) is 1. The van der Waals surface area contributed by atoms with Gasteiger partial charge >= 0.3 is 5.97 Å². The maximum absolute atomic E-state index is 12.8. The van der Waals surface area contributed by atoms with Crippen LogP contribution in [0, 0.1) is 0 Å². The van der Waals surface area contributed by atoms with Crippen molar-refractivity contribution in [2.75, 3.05) is 5.32 Å². The molecule has 0 radical (unpaired) electrons. The number of amides is 2. The average Bonchev–Trinajstić information content (AvgIpc) is 2.66. The normalized spacial score (nSPS) is 15.3. The fraction of sp³-hybridized carbons (Fsp3) is 0.250. The molecule has 0 aromatic heterocycles. The molecule has 1 unspecified atom stereocenters. The summed E-state index contributed by atoms with van der Waals surface area (Å²) in [5, 5.41) is 15.3. The Labute approximate surface area is 151 Å². The molecule has 0 spiro atoms. The predicted octanol–water partition coefficient (Wildman–Crippen LogP) is 2.69. The zero-order valence-electron chi connectivity index (χ0n) is 14.4. The number of benzene rings is 2. The molecule has 2 amide bonds. The van der Waals surface area contributed by atoms with Crippen molar-refractivity contribution in [3.05, 3.63) is 65.2 Å². The van der Waals surface area contributed by atoms with E-state index in [0.717, 1.165) is 5.56 Å². The van der Waals surface area contributed by atoms with Crippen molar-refractivity contribution in [2.45, 2.75) is 31.7 Å². The number of aliphatic carboxylic acids is 1. The third kappa shape index (κ3) is 3.18. The van der Waals surface area contributed by atoms with E-state index in [1.54, 1.807) is 55.5 Å². The van der Waals surface area contributed by atoms with Gasteiger partial charge in [0, 0.05) is 17.7 Å². The lowest BCUT2D eigenvalue weighted by Crippen LogP contribution is -2.51. The van der Waals surface area contributed by atoms with Gasteiger partial charge in [-0.25, -0.2) is 4.79 Å². The summed E-state index contributed by atoms with van der Waals surface area (Å²) in [6.45, 7) is 1.73. The summed E-state index contributed by atoms with van der Waals surface area (Å²) < 4.78 is 0. The zero-order chi connectivity index (χ0) is 18.7. The summed E-state index contributed by atoms with van der Waals surface area (Å²) >= 11 is 0. The van der Waals surface area contributed by atoms with Gasteiger partial charge in [-0.15, -0.1) is 0 Å². The highest BCUT2D eigenvalue weighted by atomic mass is 16.4. The lowest BCUT2D eigenvalue weighted by Gasteiger charge is -2.30. The highest BCUT2D eigenvalue weighted by Crippen LogP contribution is 2.28. The highest BCUT2D eigenvalue weighted by molar-refractivity contribution is 6.00. The Morgan fingerprint density at radius 3 is 2.54 bits per heavy atom. The number of hydrogen-bond donors (Lipinski definition) is 3. The second kappa shape index (κ2) is 7.00. The minimum Gasteiger partial charge on any atom is -0.479 e. The van der Waals surface area contributed by atoms with E-state index >= 15 is 0 Å². The lowest BCUT2D eigenvalue weighted by atomic mass is 9.86. The predicted molar refractivity (Wildman–Crippen MR) is 96.9 cm³/mol. The number of nitrogens with one attached hydrogen (secondary N) is 2. The van der Waals surface area contributed by atoms with E-state index < -0.39 is 17.4 Å². The van der Waals surface area contributed by atoms with E-state index in [0.29, 0.717) is 29.7 Å². The van der Waals surface area contributed by atoms with Gasteiger partial charge in [-0.1, -0.05) is 37.3 Å². The Kier molecular flexibility index (Phi) is 4.75. The number of carboxylic acids is 1. The summed E-state index contributed by atoms with van der Waals surface area (Å²) in [6, 6.07) is 13.7. The first-order chi connectivity index (χ1) is 12.5. The molecule has 1 atom stereocenters.